The molecule has 0 saturated heterocycles. The lowest BCUT2D eigenvalue weighted by atomic mass is 10.2. The predicted octanol–water partition coefficient (Wildman–Crippen LogP) is 2.21. The summed E-state index contributed by atoms with van der Waals surface area (Å²) in [5.74, 6) is 5.50. The second-order valence-electron chi connectivity index (χ2n) is 4.20. The summed E-state index contributed by atoms with van der Waals surface area (Å²) < 4.78 is 0. The molecule has 0 aliphatic heterocycles. The number of benzene rings is 1. The molecule has 0 radical (unpaired) electrons. The van der Waals surface area contributed by atoms with Gasteiger partial charge in [-0.15, -0.1) is 11.3 Å². The third-order valence-corrected chi connectivity index (χ3v) is 3.75. The molecule has 4 nitrogen and oxygen atoms in total. The van der Waals surface area contributed by atoms with E-state index < -0.39 is 0 Å². The van der Waals surface area contributed by atoms with Gasteiger partial charge in [-0.25, -0.2) is 0 Å². The number of thiophene rings is 1. The Morgan fingerprint density at radius 1 is 1.43 bits per heavy atom. The number of carbonyl (C=O) groups excluding carboxylic acids is 1. The molecule has 1 amide bonds. The molecule has 2 N–H and O–H groups in total. The lowest BCUT2D eigenvalue weighted by Gasteiger charge is -2.17. The number of nitrogens with zero attached hydrogens (tertiary/aromatic N) is 2. The summed E-state index contributed by atoms with van der Waals surface area (Å²) in [6, 6.07) is 10.8. The minimum atomic E-state index is -0.151. The molecule has 0 aliphatic rings. The Bertz CT molecular complexity index is 762. The zero-order valence-corrected chi connectivity index (χ0v) is 12.3. The van der Waals surface area contributed by atoms with Crippen LogP contribution < -0.4 is 10.6 Å². The van der Waals surface area contributed by atoms with Crippen molar-refractivity contribution in [3.63, 3.8) is 0 Å². The summed E-state index contributed by atoms with van der Waals surface area (Å²) in [6.45, 7) is 0.254. The lowest BCUT2D eigenvalue weighted by molar-refractivity contribution is 0.0996. The molecule has 0 unspecified atom stereocenters. The van der Waals surface area contributed by atoms with Crippen molar-refractivity contribution in [2.75, 3.05) is 18.5 Å². The SMILES string of the molecule is CN(C(=O)c1sccc1C#CCN)c1cccc(C#N)c1. The molecule has 0 saturated carbocycles. The molecule has 2 rings (SSSR count). The van der Waals surface area contributed by atoms with E-state index in [4.69, 9.17) is 11.0 Å². The molecule has 1 aromatic carbocycles. The molecule has 5 heteroatoms. The number of rotatable bonds is 2. The van der Waals surface area contributed by atoms with Crippen molar-refractivity contribution in [2.24, 2.45) is 5.73 Å². The fraction of sp³-hybridized carbons (Fsp3) is 0.125. The zero-order valence-electron chi connectivity index (χ0n) is 11.5. The van der Waals surface area contributed by atoms with Crippen LogP contribution in [0.5, 0.6) is 0 Å². The first-order valence-electron chi connectivity index (χ1n) is 6.22. The zero-order chi connectivity index (χ0) is 15.2. The van der Waals surface area contributed by atoms with Crippen molar-refractivity contribution >= 4 is 22.9 Å². The first kappa shape index (κ1) is 14.8. The Hall–Kier alpha value is -2.60. The summed E-state index contributed by atoms with van der Waals surface area (Å²) in [7, 11) is 1.68. The topological polar surface area (TPSA) is 70.1 Å². The number of hydrogen-bond acceptors (Lipinski definition) is 4. The Morgan fingerprint density at radius 3 is 2.95 bits per heavy atom. The summed E-state index contributed by atoms with van der Waals surface area (Å²) in [6.07, 6.45) is 0. The summed E-state index contributed by atoms with van der Waals surface area (Å²) in [4.78, 5) is 14.6. The minimum Gasteiger partial charge on any atom is -0.320 e. The largest absolute Gasteiger partial charge is 0.320 e. The molecule has 1 heterocycles. The van der Waals surface area contributed by atoms with Crippen LogP contribution >= 0.6 is 11.3 Å². The highest BCUT2D eigenvalue weighted by Crippen LogP contribution is 2.22. The highest BCUT2D eigenvalue weighted by atomic mass is 32.1. The van der Waals surface area contributed by atoms with Crippen LogP contribution in [0.3, 0.4) is 0 Å². The number of nitriles is 1. The van der Waals surface area contributed by atoms with Gasteiger partial charge in [-0.3, -0.25) is 4.79 Å². The van der Waals surface area contributed by atoms with Crippen molar-refractivity contribution in [3.8, 4) is 17.9 Å². The van der Waals surface area contributed by atoms with E-state index >= 15 is 0 Å². The van der Waals surface area contributed by atoms with Gasteiger partial charge in [-0.2, -0.15) is 5.26 Å². The summed E-state index contributed by atoms with van der Waals surface area (Å²) >= 11 is 1.34. The maximum atomic E-state index is 12.5. The molecule has 1 aromatic heterocycles. The Labute approximate surface area is 127 Å². The van der Waals surface area contributed by atoms with Gasteiger partial charge < -0.3 is 10.6 Å². The van der Waals surface area contributed by atoms with E-state index in [0.717, 1.165) is 0 Å². The average Bonchev–Trinajstić information content (AvgIpc) is 2.99. The third kappa shape index (κ3) is 3.29. The fourth-order valence-electron chi connectivity index (χ4n) is 1.77. The Kier molecular flexibility index (Phi) is 4.73. The first-order valence-corrected chi connectivity index (χ1v) is 7.10. The number of anilines is 1. The lowest BCUT2D eigenvalue weighted by Crippen LogP contribution is -2.26. The third-order valence-electron chi connectivity index (χ3n) is 2.85. The summed E-state index contributed by atoms with van der Waals surface area (Å²) in [5, 5.41) is 10.8. The smallest absolute Gasteiger partial charge is 0.269 e. The van der Waals surface area contributed by atoms with Gasteiger partial charge in [0.05, 0.1) is 18.2 Å². The minimum absolute atomic E-state index is 0.151. The Balaban J connectivity index is 2.31. The van der Waals surface area contributed by atoms with Gasteiger partial charge in [-0.1, -0.05) is 17.9 Å². The van der Waals surface area contributed by atoms with E-state index in [9.17, 15) is 4.79 Å². The maximum absolute atomic E-state index is 12.5. The second-order valence-corrected chi connectivity index (χ2v) is 5.11. The monoisotopic (exact) mass is 295 g/mol. The molecule has 0 bridgehead atoms. The molecule has 0 fully saturated rings. The van der Waals surface area contributed by atoms with Crippen LogP contribution in [0.25, 0.3) is 0 Å². The van der Waals surface area contributed by atoms with E-state index in [0.29, 0.717) is 21.7 Å². The van der Waals surface area contributed by atoms with Crippen LogP contribution in [-0.2, 0) is 0 Å². The molecule has 0 atom stereocenters. The van der Waals surface area contributed by atoms with Gasteiger partial charge in [-0.05, 0) is 29.6 Å². The van der Waals surface area contributed by atoms with E-state index in [2.05, 4.69) is 17.9 Å². The number of nitrogens with two attached hydrogens (primary N) is 1. The number of amides is 1. The predicted molar refractivity (Wildman–Crippen MR) is 84.1 cm³/mol. The fourth-order valence-corrected chi connectivity index (χ4v) is 2.60. The van der Waals surface area contributed by atoms with Crippen molar-refractivity contribution in [3.05, 3.63) is 51.7 Å². The van der Waals surface area contributed by atoms with Crippen molar-refractivity contribution in [1.82, 2.24) is 0 Å². The number of carbonyl (C=O) groups is 1. The van der Waals surface area contributed by atoms with Gasteiger partial charge in [0.2, 0.25) is 0 Å². The van der Waals surface area contributed by atoms with E-state index in [1.165, 1.54) is 16.2 Å². The molecule has 2 aromatic rings. The van der Waals surface area contributed by atoms with E-state index in [1.807, 2.05) is 5.38 Å². The Morgan fingerprint density at radius 2 is 2.24 bits per heavy atom. The highest BCUT2D eigenvalue weighted by molar-refractivity contribution is 7.12. The van der Waals surface area contributed by atoms with Gasteiger partial charge in [0.1, 0.15) is 4.88 Å². The van der Waals surface area contributed by atoms with E-state index in [-0.39, 0.29) is 12.5 Å². The van der Waals surface area contributed by atoms with Crippen LogP contribution in [0.1, 0.15) is 20.8 Å². The molecular formula is C16H13N3OS. The van der Waals surface area contributed by atoms with Crippen molar-refractivity contribution in [2.45, 2.75) is 0 Å². The van der Waals surface area contributed by atoms with Crippen molar-refractivity contribution in [1.29, 1.82) is 5.26 Å². The first-order chi connectivity index (χ1) is 10.2. The van der Waals surface area contributed by atoms with Crippen LogP contribution in [0, 0.1) is 23.2 Å². The normalized spacial score (nSPS) is 9.38. The van der Waals surface area contributed by atoms with E-state index in [1.54, 1.807) is 37.4 Å². The molecule has 104 valence electrons. The average molecular weight is 295 g/mol. The molecular weight excluding hydrogens is 282 g/mol. The molecule has 21 heavy (non-hydrogen) atoms. The quantitative estimate of drug-likeness (QED) is 0.864. The maximum Gasteiger partial charge on any atom is 0.269 e. The van der Waals surface area contributed by atoms with Crippen LogP contribution in [0.4, 0.5) is 5.69 Å². The highest BCUT2D eigenvalue weighted by Gasteiger charge is 2.18. The second kappa shape index (κ2) is 6.71. The van der Waals surface area contributed by atoms with Crippen molar-refractivity contribution < 1.29 is 4.79 Å². The molecule has 0 spiro atoms. The van der Waals surface area contributed by atoms with Crippen LogP contribution in [0.2, 0.25) is 0 Å². The summed E-state index contributed by atoms with van der Waals surface area (Å²) in [5.41, 5.74) is 7.22. The van der Waals surface area contributed by atoms with Gasteiger partial charge in [0.15, 0.2) is 0 Å². The van der Waals surface area contributed by atoms with Crippen LogP contribution in [-0.4, -0.2) is 19.5 Å². The standard InChI is InChI=1S/C16H13N3OS/c1-19(14-6-2-4-12(10-14)11-18)16(20)15-13(5-3-8-17)7-9-21-15/h2,4,6-7,9-10H,8,17H2,1H3. The number of hydrogen-bond donors (Lipinski definition) is 1. The van der Waals surface area contributed by atoms with Gasteiger partial charge in [0, 0.05) is 18.3 Å². The molecule has 0 aliphatic carbocycles. The van der Waals surface area contributed by atoms with Gasteiger partial charge in [0.25, 0.3) is 5.91 Å². The van der Waals surface area contributed by atoms with Gasteiger partial charge >= 0.3 is 0 Å². The van der Waals surface area contributed by atoms with Crippen LogP contribution in [0.15, 0.2) is 35.7 Å².